The van der Waals surface area contributed by atoms with Crippen molar-refractivity contribution >= 4 is 15.7 Å². The smallest absolute Gasteiger partial charge is 0.242 e. The first-order chi connectivity index (χ1) is 10.0. The summed E-state index contributed by atoms with van der Waals surface area (Å²) in [6, 6.07) is 10.7. The number of hydrogen-bond acceptors (Lipinski definition) is 4. The average Bonchev–Trinajstić information content (AvgIpc) is 2.48. The minimum Gasteiger partial charge on any atom is -0.377 e. The fourth-order valence-corrected chi connectivity index (χ4v) is 3.27. The summed E-state index contributed by atoms with van der Waals surface area (Å²) in [6.45, 7) is 4.09. The highest BCUT2D eigenvalue weighted by molar-refractivity contribution is 7.89. The molecule has 0 amide bonds. The maximum atomic E-state index is 12.2. The molecule has 6 heteroatoms. The van der Waals surface area contributed by atoms with Gasteiger partial charge < -0.3 is 5.32 Å². The fourth-order valence-electron chi connectivity index (χ4n) is 2.06. The lowest BCUT2D eigenvalue weighted by Gasteiger charge is -2.18. The van der Waals surface area contributed by atoms with Crippen LogP contribution in [0.15, 0.2) is 53.7 Å². The van der Waals surface area contributed by atoms with E-state index in [1.54, 1.807) is 37.5 Å². The van der Waals surface area contributed by atoms with Gasteiger partial charge in [-0.1, -0.05) is 19.1 Å². The van der Waals surface area contributed by atoms with Crippen molar-refractivity contribution < 1.29 is 8.42 Å². The first-order valence-corrected chi connectivity index (χ1v) is 8.28. The number of rotatable bonds is 6. The summed E-state index contributed by atoms with van der Waals surface area (Å²) in [5.74, 6) is 0. The van der Waals surface area contributed by atoms with Crippen LogP contribution >= 0.6 is 0 Å². The van der Waals surface area contributed by atoms with E-state index in [1.807, 2.05) is 25.1 Å². The lowest BCUT2D eigenvalue weighted by Crippen LogP contribution is -2.24. The third-order valence-corrected chi connectivity index (χ3v) is 4.69. The van der Waals surface area contributed by atoms with Crippen molar-refractivity contribution in [3.8, 4) is 0 Å². The monoisotopic (exact) mass is 305 g/mol. The number of benzene rings is 1. The zero-order chi connectivity index (χ0) is 15.3. The lowest BCUT2D eigenvalue weighted by molar-refractivity contribution is 0.584. The SMILES string of the molecule is CCNS(=O)(=O)c1ccccc1NC(C)c1ccncc1. The largest absolute Gasteiger partial charge is 0.377 e. The second kappa shape index (κ2) is 6.69. The van der Waals surface area contributed by atoms with Crippen molar-refractivity contribution in [3.05, 3.63) is 54.4 Å². The molecule has 0 aliphatic carbocycles. The second-order valence-corrected chi connectivity index (χ2v) is 6.38. The molecule has 0 spiro atoms. The normalized spacial score (nSPS) is 12.9. The van der Waals surface area contributed by atoms with Crippen molar-refractivity contribution in [2.75, 3.05) is 11.9 Å². The maximum absolute atomic E-state index is 12.2. The summed E-state index contributed by atoms with van der Waals surface area (Å²) in [5.41, 5.74) is 1.63. The highest BCUT2D eigenvalue weighted by Crippen LogP contribution is 2.25. The van der Waals surface area contributed by atoms with Crippen LogP contribution < -0.4 is 10.0 Å². The Morgan fingerprint density at radius 3 is 2.48 bits per heavy atom. The van der Waals surface area contributed by atoms with Gasteiger partial charge in [0.1, 0.15) is 4.90 Å². The number of aromatic nitrogens is 1. The molecule has 1 heterocycles. The predicted molar refractivity (Wildman–Crippen MR) is 83.6 cm³/mol. The van der Waals surface area contributed by atoms with Crippen LogP contribution in [0.2, 0.25) is 0 Å². The van der Waals surface area contributed by atoms with Gasteiger partial charge in [0, 0.05) is 25.0 Å². The van der Waals surface area contributed by atoms with E-state index < -0.39 is 10.0 Å². The van der Waals surface area contributed by atoms with Gasteiger partial charge in [-0.2, -0.15) is 0 Å². The molecule has 0 saturated heterocycles. The van der Waals surface area contributed by atoms with Gasteiger partial charge in [0.2, 0.25) is 10.0 Å². The van der Waals surface area contributed by atoms with Gasteiger partial charge >= 0.3 is 0 Å². The highest BCUT2D eigenvalue weighted by Gasteiger charge is 2.18. The van der Waals surface area contributed by atoms with E-state index in [4.69, 9.17) is 0 Å². The summed E-state index contributed by atoms with van der Waals surface area (Å²) < 4.78 is 26.9. The van der Waals surface area contributed by atoms with E-state index in [1.165, 1.54) is 0 Å². The summed E-state index contributed by atoms with van der Waals surface area (Å²) in [6.07, 6.45) is 3.43. The van der Waals surface area contributed by atoms with Gasteiger partial charge in [-0.25, -0.2) is 13.1 Å². The highest BCUT2D eigenvalue weighted by atomic mass is 32.2. The molecule has 2 aromatic rings. The molecule has 1 aromatic heterocycles. The molecule has 0 aliphatic heterocycles. The molecule has 1 aromatic carbocycles. The molecule has 5 nitrogen and oxygen atoms in total. The molecule has 0 radical (unpaired) electrons. The van der Waals surface area contributed by atoms with E-state index in [0.717, 1.165) is 5.56 Å². The van der Waals surface area contributed by atoms with Gasteiger partial charge in [-0.15, -0.1) is 0 Å². The van der Waals surface area contributed by atoms with Crippen LogP contribution in [-0.2, 0) is 10.0 Å². The number of nitrogens with one attached hydrogen (secondary N) is 2. The topological polar surface area (TPSA) is 71.1 Å². The van der Waals surface area contributed by atoms with E-state index in [9.17, 15) is 8.42 Å². The molecule has 2 N–H and O–H groups in total. The number of nitrogens with zero attached hydrogens (tertiary/aromatic N) is 1. The van der Waals surface area contributed by atoms with Gasteiger partial charge in [0.25, 0.3) is 0 Å². The van der Waals surface area contributed by atoms with Gasteiger partial charge in [0.15, 0.2) is 0 Å². The second-order valence-electron chi connectivity index (χ2n) is 4.64. The molecule has 0 aliphatic rings. The Kier molecular flexibility index (Phi) is 4.93. The third kappa shape index (κ3) is 3.80. The van der Waals surface area contributed by atoms with E-state index in [-0.39, 0.29) is 10.9 Å². The molecule has 0 bridgehead atoms. The van der Waals surface area contributed by atoms with Crippen LogP contribution in [0.5, 0.6) is 0 Å². The summed E-state index contributed by atoms with van der Waals surface area (Å²) in [4.78, 5) is 4.24. The molecular weight excluding hydrogens is 286 g/mol. The van der Waals surface area contributed by atoms with Gasteiger partial charge in [-0.3, -0.25) is 4.98 Å². The standard InChI is InChI=1S/C15H19N3O2S/c1-3-17-21(19,20)15-7-5-4-6-14(15)18-12(2)13-8-10-16-11-9-13/h4-12,17-18H,3H2,1-2H3. The quantitative estimate of drug-likeness (QED) is 0.860. The molecular formula is C15H19N3O2S. The fraction of sp³-hybridized carbons (Fsp3) is 0.267. The lowest BCUT2D eigenvalue weighted by atomic mass is 10.1. The van der Waals surface area contributed by atoms with Crippen molar-refractivity contribution in [2.45, 2.75) is 24.8 Å². The maximum Gasteiger partial charge on any atom is 0.242 e. The number of pyridine rings is 1. The zero-order valence-corrected chi connectivity index (χ0v) is 12.9. The molecule has 1 atom stereocenters. The first-order valence-electron chi connectivity index (χ1n) is 6.79. The average molecular weight is 305 g/mol. The van der Waals surface area contributed by atoms with E-state index in [0.29, 0.717) is 12.2 Å². The predicted octanol–water partition coefficient (Wildman–Crippen LogP) is 2.55. The van der Waals surface area contributed by atoms with Crippen LogP contribution in [0, 0.1) is 0 Å². The number of para-hydroxylation sites is 1. The number of sulfonamides is 1. The summed E-state index contributed by atoms with van der Waals surface area (Å²) >= 11 is 0. The van der Waals surface area contributed by atoms with Gasteiger partial charge in [0.05, 0.1) is 5.69 Å². The minimum absolute atomic E-state index is 0.0222. The molecule has 0 fully saturated rings. The Bertz CT molecular complexity index is 687. The van der Waals surface area contributed by atoms with E-state index in [2.05, 4.69) is 15.0 Å². The summed E-state index contributed by atoms with van der Waals surface area (Å²) in [5, 5.41) is 3.24. The first kappa shape index (κ1) is 15.5. The van der Waals surface area contributed by atoms with Crippen LogP contribution in [-0.4, -0.2) is 19.9 Å². The minimum atomic E-state index is -3.49. The van der Waals surface area contributed by atoms with Crippen LogP contribution in [0.1, 0.15) is 25.5 Å². The Hall–Kier alpha value is -1.92. The molecule has 21 heavy (non-hydrogen) atoms. The Morgan fingerprint density at radius 1 is 1.14 bits per heavy atom. The number of hydrogen-bond donors (Lipinski definition) is 2. The van der Waals surface area contributed by atoms with Crippen molar-refractivity contribution in [1.82, 2.24) is 9.71 Å². The Morgan fingerprint density at radius 2 is 1.81 bits per heavy atom. The molecule has 2 rings (SSSR count). The number of anilines is 1. The van der Waals surface area contributed by atoms with E-state index >= 15 is 0 Å². The van der Waals surface area contributed by atoms with Crippen molar-refractivity contribution in [2.24, 2.45) is 0 Å². The molecule has 1 unspecified atom stereocenters. The van der Waals surface area contributed by atoms with Crippen LogP contribution in [0.4, 0.5) is 5.69 Å². The molecule has 0 saturated carbocycles. The Labute approximate surface area is 125 Å². The van der Waals surface area contributed by atoms with Gasteiger partial charge in [-0.05, 0) is 36.8 Å². The van der Waals surface area contributed by atoms with Crippen LogP contribution in [0.3, 0.4) is 0 Å². The summed E-state index contributed by atoms with van der Waals surface area (Å²) in [7, 11) is -3.49. The van der Waals surface area contributed by atoms with Crippen molar-refractivity contribution in [1.29, 1.82) is 0 Å². The molecule has 112 valence electrons. The Balaban J connectivity index is 2.29. The van der Waals surface area contributed by atoms with Crippen molar-refractivity contribution in [3.63, 3.8) is 0 Å². The van der Waals surface area contributed by atoms with Crippen LogP contribution in [0.25, 0.3) is 0 Å². The third-order valence-electron chi connectivity index (χ3n) is 3.09. The zero-order valence-electron chi connectivity index (χ0n) is 12.1.